The Balaban J connectivity index is 2.13. The number of benzene rings is 1. The molecule has 1 aromatic carbocycles. The Labute approximate surface area is 122 Å². The fourth-order valence-corrected chi connectivity index (χ4v) is 2.25. The van der Waals surface area contributed by atoms with Crippen LogP contribution in [0.1, 0.15) is 25.3 Å². The summed E-state index contributed by atoms with van der Waals surface area (Å²) in [5.74, 6) is 2.79. The third kappa shape index (κ3) is 3.74. The van der Waals surface area contributed by atoms with Crippen molar-refractivity contribution in [2.24, 2.45) is 5.73 Å². The van der Waals surface area contributed by atoms with Gasteiger partial charge in [-0.15, -0.1) is 0 Å². The lowest BCUT2D eigenvalue weighted by atomic mass is 10.2. The first-order chi connectivity index (χ1) is 9.74. The molecule has 20 heavy (non-hydrogen) atoms. The molecule has 2 aromatic rings. The highest BCUT2D eigenvalue weighted by Crippen LogP contribution is 2.23. The highest BCUT2D eigenvalue weighted by molar-refractivity contribution is 7.98. The first-order valence-corrected chi connectivity index (χ1v) is 7.95. The minimum atomic E-state index is -0.209. The Morgan fingerprint density at radius 3 is 3.05 bits per heavy atom. The topological polar surface area (TPSA) is 74.2 Å². The van der Waals surface area contributed by atoms with Crippen molar-refractivity contribution in [3.05, 3.63) is 30.2 Å². The van der Waals surface area contributed by atoms with Crippen LogP contribution >= 0.6 is 11.8 Å². The maximum Gasteiger partial charge on any atom is 0.243 e. The third-order valence-corrected chi connectivity index (χ3v) is 3.44. The van der Waals surface area contributed by atoms with Crippen molar-refractivity contribution in [1.82, 2.24) is 10.1 Å². The number of hydrogen-bond acceptors (Lipinski definition) is 6. The average molecular weight is 293 g/mol. The predicted molar refractivity (Wildman–Crippen MR) is 80.8 cm³/mol. The summed E-state index contributed by atoms with van der Waals surface area (Å²) in [6, 6.07) is 7.41. The Hall–Kier alpha value is -1.53. The van der Waals surface area contributed by atoms with Crippen LogP contribution in [-0.4, -0.2) is 28.8 Å². The number of nitrogens with zero attached hydrogens (tertiary/aromatic N) is 2. The largest absolute Gasteiger partial charge is 0.494 e. The molecule has 0 radical (unpaired) electrons. The summed E-state index contributed by atoms with van der Waals surface area (Å²) in [6.45, 7) is 2.57. The summed E-state index contributed by atoms with van der Waals surface area (Å²) in [5, 5.41) is 3.99. The second-order valence-corrected chi connectivity index (χ2v) is 5.29. The first kappa shape index (κ1) is 14.9. The lowest BCUT2D eigenvalue weighted by molar-refractivity contribution is 0.340. The van der Waals surface area contributed by atoms with E-state index in [0.29, 0.717) is 18.3 Å². The summed E-state index contributed by atoms with van der Waals surface area (Å²) < 4.78 is 10.7. The van der Waals surface area contributed by atoms with E-state index in [1.807, 2.05) is 37.4 Å². The molecule has 0 saturated carbocycles. The molecule has 0 bridgehead atoms. The van der Waals surface area contributed by atoms with Gasteiger partial charge < -0.3 is 15.0 Å². The van der Waals surface area contributed by atoms with Crippen LogP contribution in [0.15, 0.2) is 28.8 Å². The molecule has 0 amide bonds. The summed E-state index contributed by atoms with van der Waals surface area (Å²) in [4.78, 5) is 4.37. The lowest BCUT2D eigenvalue weighted by Crippen LogP contribution is -2.11. The van der Waals surface area contributed by atoms with Crippen LogP contribution in [0.25, 0.3) is 11.4 Å². The van der Waals surface area contributed by atoms with Crippen LogP contribution < -0.4 is 10.5 Å². The molecule has 0 fully saturated rings. The molecule has 6 heteroatoms. The minimum absolute atomic E-state index is 0.209. The van der Waals surface area contributed by atoms with Gasteiger partial charge in [0.15, 0.2) is 0 Å². The van der Waals surface area contributed by atoms with Crippen molar-refractivity contribution in [2.45, 2.75) is 19.4 Å². The summed E-state index contributed by atoms with van der Waals surface area (Å²) in [6.07, 6.45) is 2.87. The van der Waals surface area contributed by atoms with E-state index in [9.17, 15) is 0 Å². The van der Waals surface area contributed by atoms with Crippen molar-refractivity contribution in [2.75, 3.05) is 18.6 Å². The van der Waals surface area contributed by atoms with Crippen molar-refractivity contribution >= 4 is 11.8 Å². The van der Waals surface area contributed by atoms with Gasteiger partial charge in [0.05, 0.1) is 12.6 Å². The molecular formula is C14H19N3O2S. The summed E-state index contributed by atoms with van der Waals surface area (Å²) >= 11 is 1.75. The molecule has 0 saturated heterocycles. The fourth-order valence-electron chi connectivity index (χ4n) is 1.76. The zero-order valence-electron chi connectivity index (χ0n) is 11.7. The normalized spacial score (nSPS) is 12.3. The second kappa shape index (κ2) is 7.31. The molecule has 1 unspecified atom stereocenters. The molecule has 2 rings (SSSR count). The van der Waals surface area contributed by atoms with Gasteiger partial charge in [-0.25, -0.2) is 0 Å². The molecule has 1 heterocycles. The van der Waals surface area contributed by atoms with Gasteiger partial charge in [0, 0.05) is 5.56 Å². The van der Waals surface area contributed by atoms with Gasteiger partial charge in [-0.1, -0.05) is 17.3 Å². The van der Waals surface area contributed by atoms with E-state index >= 15 is 0 Å². The van der Waals surface area contributed by atoms with Gasteiger partial charge in [-0.3, -0.25) is 0 Å². The zero-order valence-corrected chi connectivity index (χ0v) is 12.5. The molecule has 1 aromatic heterocycles. The lowest BCUT2D eigenvalue weighted by Gasteiger charge is -2.04. The van der Waals surface area contributed by atoms with Crippen LogP contribution in [0, 0.1) is 0 Å². The molecule has 0 aliphatic rings. The second-order valence-electron chi connectivity index (χ2n) is 4.31. The third-order valence-electron chi connectivity index (χ3n) is 2.80. The van der Waals surface area contributed by atoms with Crippen molar-refractivity contribution in [1.29, 1.82) is 0 Å². The van der Waals surface area contributed by atoms with E-state index in [-0.39, 0.29) is 6.04 Å². The molecular weight excluding hydrogens is 274 g/mol. The fraction of sp³-hybridized carbons (Fsp3) is 0.429. The molecule has 0 spiro atoms. The van der Waals surface area contributed by atoms with Gasteiger partial charge in [0.1, 0.15) is 5.75 Å². The van der Waals surface area contributed by atoms with Gasteiger partial charge >= 0.3 is 0 Å². The van der Waals surface area contributed by atoms with Crippen LogP contribution in [0.4, 0.5) is 0 Å². The van der Waals surface area contributed by atoms with E-state index in [0.717, 1.165) is 23.5 Å². The Bertz CT molecular complexity index is 545. The van der Waals surface area contributed by atoms with Crippen LogP contribution in [0.3, 0.4) is 0 Å². The quantitative estimate of drug-likeness (QED) is 0.846. The maximum atomic E-state index is 6.02. The van der Waals surface area contributed by atoms with E-state index in [1.54, 1.807) is 11.8 Å². The van der Waals surface area contributed by atoms with Crippen LogP contribution in [0.2, 0.25) is 0 Å². The van der Waals surface area contributed by atoms with E-state index in [4.69, 9.17) is 15.0 Å². The van der Waals surface area contributed by atoms with Crippen LogP contribution in [0.5, 0.6) is 5.75 Å². The van der Waals surface area contributed by atoms with Crippen LogP contribution in [-0.2, 0) is 0 Å². The molecule has 108 valence electrons. The standard InChI is InChI=1S/C14H19N3O2S/c1-3-18-11-6-4-5-10(9-11)13-16-14(19-17-13)12(15)7-8-20-2/h4-6,9,12H,3,7-8,15H2,1-2H3. The van der Waals surface area contributed by atoms with E-state index < -0.39 is 0 Å². The number of thioether (sulfide) groups is 1. The molecule has 2 N–H and O–H groups in total. The number of hydrogen-bond donors (Lipinski definition) is 1. The monoisotopic (exact) mass is 293 g/mol. The predicted octanol–water partition coefficient (Wildman–Crippen LogP) is 2.89. The van der Waals surface area contributed by atoms with E-state index in [1.165, 1.54) is 0 Å². The van der Waals surface area contributed by atoms with E-state index in [2.05, 4.69) is 10.1 Å². The Morgan fingerprint density at radius 2 is 2.30 bits per heavy atom. The summed E-state index contributed by atoms with van der Waals surface area (Å²) in [5.41, 5.74) is 6.88. The smallest absolute Gasteiger partial charge is 0.243 e. The van der Waals surface area contributed by atoms with Crippen molar-refractivity contribution < 1.29 is 9.26 Å². The number of nitrogens with two attached hydrogens (primary N) is 1. The molecule has 0 aliphatic heterocycles. The summed E-state index contributed by atoms with van der Waals surface area (Å²) in [7, 11) is 0. The number of aromatic nitrogens is 2. The molecule has 5 nitrogen and oxygen atoms in total. The molecule has 1 atom stereocenters. The van der Waals surface area contributed by atoms with Gasteiger partial charge in [0.25, 0.3) is 0 Å². The van der Waals surface area contributed by atoms with Gasteiger partial charge in [-0.05, 0) is 37.5 Å². The Kier molecular flexibility index (Phi) is 5.43. The maximum absolute atomic E-state index is 6.02. The zero-order chi connectivity index (χ0) is 14.4. The average Bonchev–Trinajstić information content (AvgIpc) is 2.95. The number of ether oxygens (including phenoxy) is 1. The van der Waals surface area contributed by atoms with Crippen molar-refractivity contribution in [3.8, 4) is 17.1 Å². The Morgan fingerprint density at radius 1 is 1.45 bits per heavy atom. The highest BCUT2D eigenvalue weighted by Gasteiger charge is 2.15. The number of rotatable bonds is 7. The van der Waals surface area contributed by atoms with Gasteiger partial charge in [0.2, 0.25) is 11.7 Å². The minimum Gasteiger partial charge on any atom is -0.494 e. The SMILES string of the molecule is CCOc1cccc(-c2noc(C(N)CCSC)n2)c1. The first-order valence-electron chi connectivity index (χ1n) is 6.56. The highest BCUT2D eigenvalue weighted by atomic mass is 32.2. The van der Waals surface area contributed by atoms with Crippen molar-refractivity contribution in [3.63, 3.8) is 0 Å². The van der Waals surface area contributed by atoms with Gasteiger partial charge in [-0.2, -0.15) is 16.7 Å². The molecule has 0 aliphatic carbocycles.